The van der Waals surface area contributed by atoms with Gasteiger partial charge in [-0.3, -0.25) is 19.3 Å². The van der Waals surface area contributed by atoms with Crippen molar-refractivity contribution in [1.82, 2.24) is 9.80 Å². The van der Waals surface area contributed by atoms with E-state index in [2.05, 4.69) is 0 Å². The number of likely N-dealkylation sites (tertiary alicyclic amines) is 1. The van der Waals surface area contributed by atoms with Crippen molar-refractivity contribution in [3.63, 3.8) is 0 Å². The average Bonchev–Trinajstić information content (AvgIpc) is 3.24. The van der Waals surface area contributed by atoms with Crippen LogP contribution in [0.3, 0.4) is 0 Å². The number of nitrogens with one attached hydrogen (secondary N) is 1. The number of esters is 1. The highest BCUT2D eigenvalue weighted by atomic mass is 32.1. The molecule has 140 valence electrons. The van der Waals surface area contributed by atoms with E-state index in [4.69, 9.17) is 4.74 Å². The Morgan fingerprint density at radius 3 is 2.54 bits per heavy atom. The van der Waals surface area contributed by atoms with Crippen LogP contribution in [0.5, 0.6) is 0 Å². The number of hydrogen-bond donors (Lipinski definition) is 1. The van der Waals surface area contributed by atoms with E-state index in [1.165, 1.54) is 7.11 Å². The molecule has 2 fully saturated rings. The van der Waals surface area contributed by atoms with Gasteiger partial charge in [0.15, 0.2) is 6.67 Å². The normalized spacial score (nSPS) is 23.7. The number of carbonyl (C=O) groups is 4. The van der Waals surface area contributed by atoms with Gasteiger partial charge in [-0.05, 0) is 11.4 Å². The van der Waals surface area contributed by atoms with Crippen LogP contribution >= 0.6 is 11.3 Å². The highest BCUT2D eigenvalue weighted by molar-refractivity contribution is 7.09. The van der Waals surface area contributed by atoms with Crippen molar-refractivity contribution >= 4 is 35.2 Å². The van der Waals surface area contributed by atoms with E-state index < -0.39 is 17.8 Å². The van der Waals surface area contributed by atoms with Crippen molar-refractivity contribution < 1.29 is 28.8 Å². The van der Waals surface area contributed by atoms with Crippen LogP contribution in [-0.4, -0.2) is 67.0 Å². The number of nitrogens with zero attached hydrogens (tertiary/aromatic N) is 2. The molecule has 2 aliphatic heterocycles. The number of methoxy groups -OCH3 is 1. The van der Waals surface area contributed by atoms with E-state index in [0.29, 0.717) is 32.4 Å². The van der Waals surface area contributed by atoms with E-state index in [0.717, 1.165) is 19.6 Å². The minimum Gasteiger partial charge on any atom is -0.469 e. The number of hydrogen-bond acceptors (Lipinski definition) is 6. The molecular formula is C17H22N3O5S+. The van der Waals surface area contributed by atoms with Crippen LogP contribution in [-0.2, 0) is 25.5 Å². The first-order valence-electron chi connectivity index (χ1n) is 8.62. The minimum atomic E-state index is -0.760. The van der Waals surface area contributed by atoms with Gasteiger partial charge in [-0.2, -0.15) is 0 Å². The fraction of sp³-hybridized carbons (Fsp3) is 0.529. The molecule has 1 aromatic rings. The molecule has 0 unspecified atom stereocenters. The molecule has 0 aromatic carbocycles. The zero-order chi connectivity index (χ0) is 18.7. The summed E-state index contributed by atoms with van der Waals surface area (Å²) in [5.74, 6) is -1.86. The van der Waals surface area contributed by atoms with Gasteiger partial charge in [0.2, 0.25) is 0 Å². The Morgan fingerprint density at radius 2 is 1.92 bits per heavy atom. The Bertz CT molecular complexity index is 697. The van der Waals surface area contributed by atoms with E-state index in [9.17, 15) is 19.2 Å². The molecule has 2 aliphatic rings. The van der Waals surface area contributed by atoms with Crippen LogP contribution in [0.1, 0.15) is 17.7 Å². The van der Waals surface area contributed by atoms with E-state index >= 15 is 0 Å². The Labute approximate surface area is 155 Å². The molecule has 0 saturated carbocycles. The molecule has 0 bridgehead atoms. The minimum absolute atomic E-state index is 0.127. The molecular weight excluding hydrogens is 358 g/mol. The molecule has 1 N–H and O–H groups in total. The summed E-state index contributed by atoms with van der Waals surface area (Å²) in [5.41, 5.74) is 0. The molecule has 8 nitrogen and oxygen atoms in total. The molecule has 26 heavy (non-hydrogen) atoms. The van der Waals surface area contributed by atoms with Gasteiger partial charge in [0.25, 0.3) is 0 Å². The Morgan fingerprint density at radius 1 is 1.23 bits per heavy atom. The first-order chi connectivity index (χ1) is 12.5. The summed E-state index contributed by atoms with van der Waals surface area (Å²) >= 11 is 1.55. The number of ether oxygens (including phenoxy) is 1. The van der Waals surface area contributed by atoms with Gasteiger partial charge in [0.05, 0.1) is 26.1 Å². The number of imide groups is 2. The van der Waals surface area contributed by atoms with E-state index in [1.54, 1.807) is 11.3 Å². The van der Waals surface area contributed by atoms with E-state index in [1.807, 2.05) is 17.5 Å². The van der Waals surface area contributed by atoms with Gasteiger partial charge in [0, 0.05) is 30.7 Å². The summed E-state index contributed by atoms with van der Waals surface area (Å²) in [6.07, 6.45) is 1.84. The maximum atomic E-state index is 12.5. The molecule has 3 rings (SSSR count). The standard InChI is InChI=1S/C17H21N3O5S/c1-25-16(23)12-4-7-18(8-5-12)11-20-15(22)14(21)19(17(20)24)9-6-13-3-2-10-26-13/h2-3,10,12H,4-9,11H2,1H3/p+1. The number of rotatable bonds is 6. The van der Waals surface area contributed by atoms with Crippen molar-refractivity contribution in [2.75, 3.05) is 33.4 Å². The highest BCUT2D eigenvalue weighted by Crippen LogP contribution is 2.15. The van der Waals surface area contributed by atoms with Crippen molar-refractivity contribution in [2.45, 2.75) is 19.3 Å². The quantitative estimate of drug-likeness (QED) is 0.409. The van der Waals surface area contributed by atoms with Gasteiger partial charge in [0.1, 0.15) is 0 Å². The molecule has 0 radical (unpaired) electrons. The zero-order valence-electron chi connectivity index (χ0n) is 14.6. The average molecular weight is 380 g/mol. The lowest BCUT2D eigenvalue weighted by molar-refractivity contribution is -0.913. The molecule has 0 aliphatic carbocycles. The Hall–Kier alpha value is -2.26. The van der Waals surface area contributed by atoms with Crippen LogP contribution in [0.4, 0.5) is 4.79 Å². The molecule has 0 spiro atoms. The Balaban J connectivity index is 1.55. The van der Waals surface area contributed by atoms with Crippen LogP contribution in [0.2, 0.25) is 0 Å². The summed E-state index contributed by atoms with van der Waals surface area (Å²) in [7, 11) is 1.37. The maximum Gasteiger partial charge on any atom is 0.338 e. The van der Waals surface area contributed by atoms with Gasteiger partial charge in [-0.15, -0.1) is 11.3 Å². The summed E-state index contributed by atoms with van der Waals surface area (Å²) in [4.78, 5) is 52.6. The Kier molecular flexibility index (Phi) is 5.67. The first-order valence-corrected chi connectivity index (χ1v) is 9.50. The molecule has 0 atom stereocenters. The van der Waals surface area contributed by atoms with Crippen LogP contribution in [0, 0.1) is 5.92 Å². The molecule has 9 heteroatoms. The van der Waals surface area contributed by atoms with Crippen LogP contribution in [0.25, 0.3) is 0 Å². The second-order valence-corrected chi connectivity index (χ2v) is 7.54. The predicted molar refractivity (Wildman–Crippen MR) is 92.3 cm³/mol. The zero-order valence-corrected chi connectivity index (χ0v) is 15.4. The second kappa shape index (κ2) is 7.96. The summed E-state index contributed by atoms with van der Waals surface area (Å²) < 4.78 is 4.76. The summed E-state index contributed by atoms with van der Waals surface area (Å²) in [6, 6.07) is 3.30. The van der Waals surface area contributed by atoms with Crippen LogP contribution in [0.15, 0.2) is 17.5 Å². The third-order valence-electron chi connectivity index (χ3n) is 4.91. The van der Waals surface area contributed by atoms with Gasteiger partial charge in [-0.25, -0.2) is 9.69 Å². The first kappa shape index (κ1) is 18.5. The monoisotopic (exact) mass is 380 g/mol. The number of urea groups is 1. The topological polar surface area (TPSA) is 88.4 Å². The summed E-state index contributed by atoms with van der Waals surface area (Å²) in [5, 5.41) is 1.93. The number of quaternary nitrogens is 1. The van der Waals surface area contributed by atoms with Gasteiger partial charge >= 0.3 is 23.8 Å². The van der Waals surface area contributed by atoms with Crippen LogP contribution < -0.4 is 4.90 Å². The highest BCUT2D eigenvalue weighted by Gasteiger charge is 2.46. The van der Waals surface area contributed by atoms with Gasteiger partial charge < -0.3 is 9.64 Å². The third-order valence-corrected chi connectivity index (χ3v) is 5.84. The molecule has 3 heterocycles. The summed E-state index contributed by atoms with van der Waals surface area (Å²) in [6.45, 7) is 1.67. The smallest absolute Gasteiger partial charge is 0.338 e. The number of piperidine rings is 1. The fourth-order valence-electron chi connectivity index (χ4n) is 3.37. The SMILES string of the molecule is COC(=O)C1CC[NH+](CN2C(=O)C(=O)N(CCc3cccs3)C2=O)CC1. The number of amides is 4. The predicted octanol–water partition coefficient (Wildman–Crippen LogP) is -0.493. The lowest BCUT2D eigenvalue weighted by Gasteiger charge is -2.29. The number of thiophene rings is 1. The van der Waals surface area contributed by atoms with Crippen molar-refractivity contribution in [3.8, 4) is 0 Å². The molecule has 4 amide bonds. The molecule has 1 aromatic heterocycles. The third kappa shape index (κ3) is 3.78. The van der Waals surface area contributed by atoms with Crippen molar-refractivity contribution in [3.05, 3.63) is 22.4 Å². The largest absolute Gasteiger partial charge is 0.469 e. The fourth-order valence-corrected chi connectivity index (χ4v) is 4.07. The number of carbonyl (C=O) groups excluding carboxylic acids is 4. The van der Waals surface area contributed by atoms with E-state index in [-0.39, 0.29) is 25.1 Å². The van der Waals surface area contributed by atoms with Gasteiger partial charge in [-0.1, -0.05) is 6.07 Å². The maximum absolute atomic E-state index is 12.5. The second-order valence-electron chi connectivity index (χ2n) is 6.51. The lowest BCUT2D eigenvalue weighted by Crippen LogP contribution is -3.14. The van der Waals surface area contributed by atoms with Crippen molar-refractivity contribution in [2.24, 2.45) is 5.92 Å². The molecule has 2 saturated heterocycles. The lowest BCUT2D eigenvalue weighted by atomic mass is 9.97. The van der Waals surface area contributed by atoms with Crippen molar-refractivity contribution in [1.29, 1.82) is 0 Å².